The Bertz CT molecular complexity index is 4660. The molecule has 11 aromatic carbocycles. The SMILES string of the molecule is CC(C)c1ccc(C(Cc2ccccc2)c2ccc3c4cc5c(cc4n4c6cccc(-c7ccccc7)c6c2c34)c2ccc(N(c3ccccc3)c3ccc(C(C)C)cc3)c3c4c(-c6ccccc6)cccc4n5c23)cc1. The lowest BCUT2D eigenvalue weighted by molar-refractivity contribution is 0.807. The number of para-hydroxylation sites is 1. The highest BCUT2D eigenvalue weighted by molar-refractivity contribution is 6.33. The first-order valence-corrected chi connectivity index (χ1v) is 27.5. The van der Waals surface area contributed by atoms with Gasteiger partial charge in [0.05, 0.1) is 38.8 Å². The second-order valence-corrected chi connectivity index (χ2v) is 22.0. The average Bonchev–Trinajstić information content (AvgIpc) is 4.42. The quantitative estimate of drug-likeness (QED) is 0.126. The van der Waals surface area contributed by atoms with Crippen molar-refractivity contribution < 1.29 is 0 Å². The molecule has 77 heavy (non-hydrogen) atoms. The molecule has 0 saturated carbocycles. The molecule has 4 aromatic heterocycles. The van der Waals surface area contributed by atoms with Gasteiger partial charge in [-0.1, -0.05) is 216 Å². The van der Waals surface area contributed by atoms with Gasteiger partial charge < -0.3 is 13.7 Å². The molecule has 3 nitrogen and oxygen atoms in total. The molecule has 0 amide bonds. The van der Waals surface area contributed by atoms with Gasteiger partial charge in [-0.15, -0.1) is 0 Å². The zero-order valence-corrected chi connectivity index (χ0v) is 43.9. The van der Waals surface area contributed by atoms with E-state index in [2.05, 4.69) is 284 Å². The van der Waals surface area contributed by atoms with Crippen LogP contribution in [0.1, 0.15) is 73.3 Å². The summed E-state index contributed by atoms with van der Waals surface area (Å²) in [6.45, 7) is 9.11. The maximum Gasteiger partial charge on any atom is 0.0641 e. The van der Waals surface area contributed by atoms with Gasteiger partial charge in [0.1, 0.15) is 0 Å². The van der Waals surface area contributed by atoms with Gasteiger partial charge in [-0.25, -0.2) is 0 Å². The van der Waals surface area contributed by atoms with E-state index in [9.17, 15) is 0 Å². The fourth-order valence-corrected chi connectivity index (χ4v) is 13.3. The van der Waals surface area contributed by atoms with Crippen molar-refractivity contribution in [3.63, 3.8) is 0 Å². The van der Waals surface area contributed by atoms with Crippen molar-refractivity contribution in [3.8, 4) is 22.3 Å². The monoisotopic (exact) mass is 987 g/mol. The zero-order valence-electron chi connectivity index (χ0n) is 43.9. The highest BCUT2D eigenvalue weighted by Crippen LogP contribution is 2.52. The minimum Gasteiger partial charge on any atom is -0.310 e. The Labute approximate surface area is 449 Å². The third-order valence-electron chi connectivity index (χ3n) is 17.0. The summed E-state index contributed by atoms with van der Waals surface area (Å²) in [5.74, 6) is 1.01. The molecule has 4 heterocycles. The topological polar surface area (TPSA) is 12.1 Å². The maximum absolute atomic E-state index is 2.62. The van der Waals surface area contributed by atoms with E-state index < -0.39 is 0 Å². The molecule has 0 N–H and O–H groups in total. The standard InChI is InChI=1S/C74H57N3/c1-46(2)49-31-33-53(34-32-49)61(43-48-19-9-5-10-20-48)58-39-40-59-62-44-68-63(45-67(62)76-64-29-17-27-56(51-21-11-6-12-22-51)69(64)71(58)73(59)76)60-41-42-66(75(54-25-15-8-16-26-54)55-37-35-50(36-38-55)47(3)4)72-70-57(52-23-13-7-14-24-52)28-18-30-65(70)77(68)74(60)72/h5-42,44-47,61H,43H2,1-4H3. The molecule has 0 saturated heterocycles. The van der Waals surface area contributed by atoms with Crippen molar-refractivity contribution >= 4 is 93.3 Å². The molecule has 0 spiro atoms. The molecule has 0 fully saturated rings. The summed E-state index contributed by atoms with van der Waals surface area (Å²) >= 11 is 0. The number of hydrogen-bond acceptors (Lipinski definition) is 1. The van der Waals surface area contributed by atoms with E-state index in [1.807, 2.05) is 0 Å². The molecule has 368 valence electrons. The van der Waals surface area contributed by atoms with E-state index in [1.54, 1.807) is 0 Å². The summed E-state index contributed by atoms with van der Waals surface area (Å²) in [7, 11) is 0. The second kappa shape index (κ2) is 17.7. The Hall–Kier alpha value is -9.18. The smallest absolute Gasteiger partial charge is 0.0641 e. The molecule has 15 rings (SSSR count). The lowest BCUT2D eigenvalue weighted by Gasteiger charge is -2.27. The van der Waals surface area contributed by atoms with Crippen molar-refractivity contribution in [1.29, 1.82) is 0 Å². The number of hydrogen-bond donors (Lipinski definition) is 0. The number of nitrogens with zero attached hydrogens (tertiary/aromatic N) is 3. The van der Waals surface area contributed by atoms with Crippen LogP contribution in [-0.2, 0) is 6.42 Å². The Kier molecular flexibility index (Phi) is 10.4. The maximum atomic E-state index is 2.62. The molecular formula is C74H57N3. The lowest BCUT2D eigenvalue weighted by Crippen LogP contribution is -2.10. The van der Waals surface area contributed by atoms with Crippen LogP contribution >= 0.6 is 0 Å². The van der Waals surface area contributed by atoms with Crippen LogP contribution in [0.3, 0.4) is 0 Å². The van der Waals surface area contributed by atoms with Gasteiger partial charge in [0.2, 0.25) is 0 Å². The molecule has 1 atom stereocenters. The minimum absolute atomic E-state index is 0.118. The predicted octanol–water partition coefficient (Wildman–Crippen LogP) is 20.4. The highest BCUT2D eigenvalue weighted by atomic mass is 15.1. The van der Waals surface area contributed by atoms with Crippen molar-refractivity contribution in [2.24, 2.45) is 0 Å². The van der Waals surface area contributed by atoms with E-state index in [4.69, 9.17) is 0 Å². The van der Waals surface area contributed by atoms with Gasteiger partial charge in [-0.2, -0.15) is 0 Å². The van der Waals surface area contributed by atoms with E-state index in [1.165, 1.54) is 126 Å². The van der Waals surface area contributed by atoms with Crippen LogP contribution in [0, 0.1) is 0 Å². The summed E-state index contributed by atoms with van der Waals surface area (Å²) < 4.78 is 5.22. The minimum atomic E-state index is 0.118. The Morgan fingerprint density at radius 2 is 0.805 bits per heavy atom. The molecule has 3 heteroatoms. The Morgan fingerprint density at radius 1 is 0.351 bits per heavy atom. The normalized spacial score (nSPS) is 12.6. The van der Waals surface area contributed by atoms with Gasteiger partial charge in [-0.3, -0.25) is 0 Å². The summed E-state index contributed by atoms with van der Waals surface area (Å²) in [5, 5.41) is 10.2. The van der Waals surface area contributed by atoms with Crippen molar-refractivity contribution in [3.05, 3.63) is 270 Å². The summed E-state index contributed by atoms with van der Waals surface area (Å²) in [6.07, 6.45) is 0.892. The van der Waals surface area contributed by atoms with Crippen LogP contribution in [0.15, 0.2) is 243 Å². The van der Waals surface area contributed by atoms with Crippen LogP contribution in [-0.4, -0.2) is 8.80 Å². The summed E-state index contributed by atoms with van der Waals surface area (Å²) in [6, 6.07) is 91.4. The van der Waals surface area contributed by atoms with E-state index in [0.717, 1.165) is 23.5 Å². The Balaban J connectivity index is 1.06. The third kappa shape index (κ3) is 6.96. The molecule has 15 aromatic rings. The van der Waals surface area contributed by atoms with Gasteiger partial charge in [0.25, 0.3) is 0 Å². The molecule has 1 unspecified atom stereocenters. The van der Waals surface area contributed by atoms with Gasteiger partial charge >= 0.3 is 0 Å². The number of anilines is 3. The molecule has 0 aliphatic rings. The lowest BCUT2D eigenvalue weighted by atomic mass is 9.82. The average molecular weight is 988 g/mol. The number of rotatable bonds is 11. The van der Waals surface area contributed by atoms with Crippen molar-refractivity contribution in [1.82, 2.24) is 8.80 Å². The predicted molar refractivity (Wildman–Crippen MR) is 328 cm³/mol. The van der Waals surface area contributed by atoms with Gasteiger partial charge in [0, 0.05) is 60.4 Å². The zero-order chi connectivity index (χ0) is 51.5. The third-order valence-corrected chi connectivity index (χ3v) is 17.0. The Morgan fingerprint density at radius 3 is 1.35 bits per heavy atom. The van der Waals surface area contributed by atoms with E-state index >= 15 is 0 Å². The van der Waals surface area contributed by atoms with Crippen molar-refractivity contribution in [2.75, 3.05) is 4.90 Å². The molecule has 0 bridgehead atoms. The fraction of sp³-hybridized carbons (Fsp3) is 0.108. The highest BCUT2D eigenvalue weighted by Gasteiger charge is 2.30. The summed E-state index contributed by atoms with van der Waals surface area (Å²) in [5.41, 5.74) is 22.5. The first-order valence-electron chi connectivity index (χ1n) is 27.5. The number of aromatic nitrogens is 2. The van der Waals surface area contributed by atoms with Gasteiger partial charge in [0.15, 0.2) is 0 Å². The molecule has 0 aliphatic heterocycles. The van der Waals surface area contributed by atoms with Gasteiger partial charge in [-0.05, 0) is 123 Å². The van der Waals surface area contributed by atoms with Crippen LogP contribution in [0.25, 0.3) is 98.4 Å². The number of benzene rings is 11. The van der Waals surface area contributed by atoms with E-state index in [0.29, 0.717) is 11.8 Å². The van der Waals surface area contributed by atoms with Crippen LogP contribution in [0.2, 0.25) is 0 Å². The van der Waals surface area contributed by atoms with E-state index in [-0.39, 0.29) is 5.92 Å². The van der Waals surface area contributed by atoms with Crippen molar-refractivity contribution in [2.45, 2.75) is 51.9 Å². The van der Waals surface area contributed by atoms with Crippen LogP contribution in [0.5, 0.6) is 0 Å². The molecule has 0 aliphatic carbocycles. The fourth-order valence-electron chi connectivity index (χ4n) is 13.3. The summed E-state index contributed by atoms with van der Waals surface area (Å²) in [4.78, 5) is 2.47. The largest absolute Gasteiger partial charge is 0.310 e. The molecule has 0 radical (unpaired) electrons. The van der Waals surface area contributed by atoms with Crippen LogP contribution < -0.4 is 4.90 Å². The van der Waals surface area contributed by atoms with Crippen LogP contribution in [0.4, 0.5) is 17.1 Å². The second-order valence-electron chi connectivity index (χ2n) is 22.0. The first kappa shape index (κ1) is 45.2. The first-order chi connectivity index (χ1) is 37.9. The number of fused-ring (bicyclic) bond motifs is 12. The molecular weight excluding hydrogens is 931 g/mol.